The number of halogens is 1. The van der Waals surface area contributed by atoms with E-state index in [2.05, 4.69) is 17.9 Å². The summed E-state index contributed by atoms with van der Waals surface area (Å²) >= 11 is 11.1. The fourth-order valence-corrected chi connectivity index (χ4v) is 9.07. The van der Waals surface area contributed by atoms with Gasteiger partial charge in [0, 0.05) is 51.6 Å². The number of allylic oxidation sites excluding steroid dienone is 3. The maximum atomic E-state index is 14.3. The SMILES string of the molecule is COCCN1C(=O)CC(C(CS)C(=O)N(C)[C@H](C)C(=O)O[C@H]2CC(=O)N(C)c3cc(cc(CO)c3Cl)C/C(C)=C/C=C/[C@@H](CO)[C@@]3(O)C[C@H](OC(=O)N3)[C@@H](C)[C@@H]3O[C@@]23C)C1=O. The number of likely N-dealkylation sites (N-methyl/N-ethyl adjacent to an activating group) is 1. The van der Waals surface area contributed by atoms with Gasteiger partial charge in [-0.25, -0.2) is 9.59 Å². The van der Waals surface area contributed by atoms with Crippen LogP contribution in [0.3, 0.4) is 0 Å². The monoisotopic (exact) mass is 892 g/mol. The standard InChI is InChI=1S/C42H57ClN4O13S/c1-22-9-8-10-27(20-49)42(56)18-31(58-40(55)44-42)23(2)36-41(4,60-36)32(17-33(50)46(6)30-15-25(13-22)14-26(19-48)35(30)43)59-39(54)24(3)45(5)37(52)29(21-61)28-16-34(51)47(38(28)53)11-12-57-7/h8-10,14-15,23-24,27-29,31-32,36,48-49,56,61H,11-13,16-21H2,1-7H3,(H,44,55)/b10-8+,22-9+/t23-,24-,27+,28?,29?,31+,32+,36+,41+,42+/m1/s1. The Morgan fingerprint density at radius 1 is 1.16 bits per heavy atom. The molecule has 0 radical (unpaired) electrons. The molecule has 4 aliphatic rings. The summed E-state index contributed by atoms with van der Waals surface area (Å²) in [6.45, 7) is 5.87. The van der Waals surface area contributed by atoms with Gasteiger partial charge in [-0.15, -0.1) is 0 Å². The number of hydrogen-bond acceptors (Lipinski definition) is 14. The van der Waals surface area contributed by atoms with Gasteiger partial charge in [-0.2, -0.15) is 12.6 Å². The highest BCUT2D eigenvalue weighted by atomic mass is 35.5. The molecule has 1 aromatic carbocycles. The lowest BCUT2D eigenvalue weighted by Crippen LogP contribution is -2.62. The van der Waals surface area contributed by atoms with Gasteiger partial charge in [0.2, 0.25) is 23.6 Å². The summed E-state index contributed by atoms with van der Waals surface area (Å²) in [4.78, 5) is 84.6. The number of methoxy groups -OCH3 is 1. The molecule has 1 aromatic rings. The topological polar surface area (TPSA) is 225 Å². The van der Waals surface area contributed by atoms with Crippen LogP contribution in [0, 0.1) is 23.7 Å². The number of hydrogen-bond donors (Lipinski definition) is 5. The summed E-state index contributed by atoms with van der Waals surface area (Å²) in [5.41, 5.74) is -1.07. The number of benzene rings is 1. The third kappa shape index (κ3) is 10.1. The lowest BCUT2D eigenvalue weighted by Gasteiger charge is -2.42. The Hall–Kier alpha value is -4.04. The van der Waals surface area contributed by atoms with Gasteiger partial charge >= 0.3 is 12.1 Å². The lowest BCUT2D eigenvalue weighted by atomic mass is 9.81. The van der Waals surface area contributed by atoms with Crippen LogP contribution in [0.2, 0.25) is 5.02 Å². The van der Waals surface area contributed by atoms with Crippen molar-refractivity contribution in [2.75, 3.05) is 51.6 Å². The summed E-state index contributed by atoms with van der Waals surface area (Å²) in [6.07, 6.45) is 0.650. The summed E-state index contributed by atoms with van der Waals surface area (Å²) in [5.74, 6) is -6.77. The molecular weight excluding hydrogens is 836 g/mol. The van der Waals surface area contributed by atoms with Crippen LogP contribution in [-0.2, 0) is 55.9 Å². The smallest absolute Gasteiger partial charge is 0.409 e. The maximum Gasteiger partial charge on any atom is 0.409 e. The molecular formula is C42H57ClN4O13S. The number of nitrogens with one attached hydrogen (secondary N) is 1. The van der Waals surface area contributed by atoms with E-state index in [1.165, 1.54) is 33.0 Å². The molecule has 10 atom stereocenters. The van der Waals surface area contributed by atoms with Crippen LogP contribution in [0.25, 0.3) is 0 Å². The first-order valence-corrected chi connectivity index (χ1v) is 21.2. The van der Waals surface area contributed by atoms with E-state index < -0.39 is 115 Å². The van der Waals surface area contributed by atoms with Crippen LogP contribution < -0.4 is 10.2 Å². The summed E-state index contributed by atoms with van der Waals surface area (Å²) in [6, 6.07) is 2.17. The molecule has 0 spiro atoms. The zero-order chi connectivity index (χ0) is 45.1. The maximum absolute atomic E-state index is 14.3. The van der Waals surface area contributed by atoms with E-state index in [1.54, 1.807) is 44.2 Å². The van der Waals surface area contributed by atoms with Gasteiger partial charge < -0.3 is 44.1 Å². The number of likely N-dealkylation sites (tertiary alicyclic amines) is 1. The minimum Gasteiger partial charge on any atom is -0.457 e. The molecule has 61 heavy (non-hydrogen) atoms. The van der Waals surface area contributed by atoms with Gasteiger partial charge in [0.25, 0.3) is 0 Å². The molecule has 2 unspecified atom stereocenters. The van der Waals surface area contributed by atoms with Gasteiger partial charge in [0.1, 0.15) is 23.9 Å². The number of fused-ring (bicyclic) bond motifs is 5. The second-order valence-electron chi connectivity index (χ2n) is 16.6. The van der Waals surface area contributed by atoms with Gasteiger partial charge in [-0.1, -0.05) is 48.4 Å². The van der Waals surface area contributed by atoms with E-state index in [1.807, 2.05) is 6.92 Å². The molecule has 4 N–H and O–H groups in total. The van der Waals surface area contributed by atoms with Gasteiger partial charge in [-0.05, 0) is 44.4 Å². The van der Waals surface area contributed by atoms with Crippen molar-refractivity contribution < 1.29 is 63.0 Å². The number of aliphatic hydroxyl groups excluding tert-OH is 2. The average molecular weight is 893 g/mol. The molecule has 4 bridgehead atoms. The van der Waals surface area contributed by atoms with Crippen molar-refractivity contribution in [3.8, 4) is 0 Å². The second-order valence-corrected chi connectivity index (χ2v) is 17.3. The predicted molar refractivity (Wildman–Crippen MR) is 224 cm³/mol. The van der Waals surface area contributed by atoms with Crippen LogP contribution in [0.1, 0.15) is 58.1 Å². The molecule has 0 saturated carbocycles. The molecule has 336 valence electrons. The molecule has 3 saturated heterocycles. The number of nitrogens with zero attached hydrogens (tertiary/aromatic N) is 3. The molecule has 17 nitrogen and oxygen atoms in total. The molecule has 5 amide bonds. The van der Waals surface area contributed by atoms with Gasteiger partial charge in [0.15, 0.2) is 5.72 Å². The Morgan fingerprint density at radius 3 is 2.51 bits per heavy atom. The van der Waals surface area contributed by atoms with Crippen molar-refractivity contribution in [3.05, 3.63) is 52.1 Å². The van der Waals surface area contributed by atoms with Crippen LogP contribution >= 0.6 is 24.2 Å². The third-order valence-electron chi connectivity index (χ3n) is 12.5. The quantitative estimate of drug-likeness (QED) is 0.0931. The highest BCUT2D eigenvalue weighted by Crippen LogP contribution is 2.49. The van der Waals surface area contributed by atoms with Crippen molar-refractivity contribution in [2.24, 2.45) is 23.7 Å². The van der Waals surface area contributed by atoms with Crippen LogP contribution in [0.5, 0.6) is 0 Å². The summed E-state index contributed by atoms with van der Waals surface area (Å²) < 4.78 is 23.0. The van der Waals surface area contributed by atoms with E-state index in [9.17, 15) is 44.1 Å². The Kier molecular flexibility index (Phi) is 15.4. The van der Waals surface area contributed by atoms with E-state index in [0.717, 1.165) is 15.4 Å². The number of alkyl carbamates (subject to hydrolysis) is 1. The number of ether oxygens (including phenoxy) is 4. The highest BCUT2D eigenvalue weighted by Gasteiger charge is 2.64. The van der Waals surface area contributed by atoms with Crippen molar-refractivity contribution >= 4 is 65.6 Å². The molecule has 4 aliphatic heterocycles. The first kappa shape index (κ1) is 48.0. The fourth-order valence-electron chi connectivity index (χ4n) is 8.36. The number of esters is 1. The zero-order valence-corrected chi connectivity index (χ0v) is 37.1. The molecule has 19 heteroatoms. The summed E-state index contributed by atoms with van der Waals surface area (Å²) in [7, 11) is 4.31. The molecule has 5 rings (SSSR count). The number of carbonyl (C=O) groups is 6. The van der Waals surface area contributed by atoms with Gasteiger partial charge in [-0.3, -0.25) is 29.4 Å². The predicted octanol–water partition coefficient (Wildman–Crippen LogP) is 2.16. The number of thiol groups is 1. The summed E-state index contributed by atoms with van der Waals surface area (Å²) in [5, 5.41) is 34.9. The van der Waals surface area contributed by atoms with E-state index in [-0.39, 0.29) is 42.5 Å². The third-order valence-corrected chi connectivity index (χ3v) is 13.3. The Balaban J connectivity index is 1.47. The van der Waals surface area contributed by atoms with E-state index in [4.69, 9.17) is 30.5 Å². The Bertz CT molecular complexity index is 1950. The van der Waals surface area contributed by atoms with Crippen molar-refractivity contribution in [1.82, 2.24) is 15.1 Å². The van der Waals surface area contributed by atoms with Crippen LogP contribution in [-0.4, -0.2) is 143 Å². The number of rotatable bonds is 11. The van der Waals surface area contributed by atoms with Crippen molar-refractivity contribution in [1.29, 1.82) is 0 Å². The van der Waals surface area contributed by atoms with Crippen molar-refractivity contribution in [3.63, 3.8) is 0 Å². The Labute approximate surface area is 365 Å². The molecule has 0 aromatic heterocycles. The number of carbonyl (C=O) groups excluding carboxylic acids is 6. The first-order valence-electron chi connectivity index (χ1n) is 20.2. The fraction of sp³-hybridized carbons (Fsp3) is 0.619. The molecule has 4 heterocycles. The largest absolute Gasteiger partial charge is 0.457 e. The number of amides is 5. The minimum absolute atomic E-state index is 0.0329. The highest BCUT2D eigenvalue weighted by molar-refractivity contribution is 7.80. The number of aliphatic hydroxyl groups is 3. The van der Waals surface area contributed by atoms with E-state index >= 15 is 0 Å². The zero-order valence-electron chi connectivity index (χ0n) is 35.5. The van der Waals surface area contributed by atoms with Crippen LogP contribution in [0.15, 0.2) is 35.9 Å². The lowest BCUT2D eigenvalue weighted by molar-refractivity contribution is -0.163. The molecule has 0 aliphatic carbocycles. The van der Waals surface area contributed by atoms with Gasteiger partial charge in [0.05, 0.1) is 61.4 Å². The minimum atomic E-state index is -1.92. The Morgan fingerprint density at radius 2 is 1.87 bits per heavy atom. The van der Waals surface area contributed by atoms with Crippen LogP contribution in [0.4, 0.5) is 10.5 Å². The first-order chi connectivity index (χ1) is 28.7. The van der Waals surface area contributed by atoms with Crippen molar-refractivity contribution in [2.45, 2.75) is 95.7 Å². The average Bonchev–Trinajstić information content (AvgIpc) is 3.84. The number of epoxide rings is 1. The molecule has 3 fully saturated rings. The van der Waals surface area contributed by atoms with E-state index in [0.29, 0.717) is 17.5 Å². The normalized spacial score (nSPS) is 31.9. The second kappa shape index (κ2) is 19.6. The number of imide groups is 1. The number of anilines is 1.